The molecule has 0 aliphatic rings. The molecule has 3 rings (SSSR count). The third-order valence-electron chi connectivity index (χ3n) is 4.61. The van der Waals surface area contributed by atoms with E-state index in [-0.39, 0.29) is 11.9 Å². The van der Waals surface area contributed by atoms with E-state index in [1.54, 1.807) is 31.6 Å². The van der Waals surface area contributed by atoms with E-state index in [4.69, 9.17) is 13.9 Å². The summed E-state index contributed by atoms with van der Waals surface area (Å²) >= 11 is 0. The van der Waals surface area contributed by atoms with Crippen molar-refractivity contribution in [1.29, 1.82) is 0 Å². The van der Waals surface area contributed by atoms with Crippen molar-refractivity contribution in [2.24, 2.45) is 0 Å². The van der Waals surface area contributed by atoms with Crippen molar-refractivity contribution in [3.8, 4) is 11.5 Å². The highest BCUT2D eigenvalue weighted by atomic mass is 16.5. The van der Waals surface area contributed by atoms with Crippen LogP contribution < -0.4 is 14.8 Å². The van der Waals surface area contributed by atoms with E-state index in [2.05, 4.69) is 5.32 Å². The first-order chi connectivity index (χ1) is 14.1. The maximum Gasteiger partial charge on any atom is 0.251 e. The molecule has 0 saturated carbocycles. The van der Waals surface area contributed by atoms with Crippen LogP contribution in [0, 0.1) is 0 Å². The fraction of sp³-hybridized carbons (Fsp3) is 0.261. The van der Waals surface area contributed by atoms with Gasteiger partial charge in [0.15, 0.2) is 11.5 Å². The van der Waals surface area contributed by atoms with Crippen molar-refractivity contribution < 1.29 is 18.7 Å². The Labute approximate surface area is 171 Å². The summed E-state index contributed by atoms with van der Waals surface area (Å²) in [6.45, 7) is 0.852. The van der Waals surface area contributed by atoms with E-state index in [0.717, 1.165) is 11.3 Å². The number of furan rings is 1. The van der Waals surface area contributed by atoms with Gasteiger partial charge in [0.25, 0.3) is 5.91 Å². The second-order valence-corrected chi connectivity index (χ2v) is 6.84. The zero-order chi connectivity index (χ0) is 20.6. The first-order valence-corrected chi connectivity index (χ1v) is 9.41. The molecule has 0 aliphatic carbocycles. The number of methoxy groups -OCH3 is 1. The molecule has 0 radical (unpaired) electrons. The van der Waals surface area contributed by atoms with E-state index >= 15 is 0 Å². The van der Waals surface area contributed by atoms with Gasteiger partial charge in [-0.2, -0.15) is 0 Å². The Kier molecular flexibility index (Phi) is 6.92. The summed E-state index contributed by atoms with van der Waals surface area (Å²) in [4.78, 5) is 14.6. The maximum absolute atomic E-state index is 12.6. The summed E-state index contributed by atoms with van der Waals surface area (Å²) in [6, 6.07) is 18.7. The number of nitrogens with one attached hydrogen (secondary N) is 1. The maximum atomic E-state index is 12.6. The molecule has 0 fully saturated rings. The second kappa shape index (κ2) is 9.80. The Morgan fingerprint density at radius 2 is 1.86 bits per heavy atom. The molecule has 1 N–H and O–H groups in total. The van der Waals surface area contributed by atoms with Gasteiger partial charge in [-0.1, -0.05) is 30.3 Å². The zero-order valence-corrected chi connectivity index (χ0v) is 16.9. The van der Waals surface area contributed by atoms with Crippen molar-refractivity contribution in [2.75, 3.05) is 27.7 Å². The molecule has 152 valence electrons. The lowest BCUT2D eigenvalue weighted by Crippen LogP contribution is -2.34. The van der Waals surface area contributed by atoms with E-state index < -0.39 is 0 Å². The van der Waals surface area contributed by atoms with E-state index in [9.17, 15) is 4.79 Å². The molecule has 1 amide bonds. The molecule has 29 heavy (non-hydrogen) atoms. The monoisotopic (exact) mass is 394 g/mol. The highest BCUT2D eigenvalue weighted by Gasteiger charge is 2.19. The first kappa shape index (κ1) is 20.5. The SMILES string of the molecule is COc1cc(C(=O)NC[C@H](c2ccco2)N(C)C)ccc1OCc1ccccc1. The van der Waals surface area contributed by atoms with Crippen molar-refractivity contribution in [3.63, 3.8) is 0 Å². The highest BCUT2D eigenvalue weighted by molar-refractivity contribution is 5.94. The van der Waals surface area contributed by atoms with Crippen LogP contribution in [0.2, 0.25) is 0 Å². The molecule has 0 spiro atoms. The van der Waals surface area contributed by atoms with Crippen molar-refractivity contribution >= 4 is 5.91 Å². The number of amides is 1. The summed E-state index contributed by atoms with van der Waals surface area (Å²) in [5, 5.41) is 2.96. The quantitative estimate of drug-likeness (QED) is 0.596. The minimum Gasteiger partial charge on any atom is -0.493 e. The van der Waals surface area contributed by atoms with Crippen LogP contribution in [0.3, 0.4) is 0 Å². The topological polar surface area (TPSA) is 63.9 Å². The predicted octanol–water partition coefficient (Wildman–Crippen LogP) is 3.90. The van der Waals surface area contributed by atoms with Crippen molar-refractivity contribution in [3.05, 3.63) is 83.8 Å². The summed E-state index contributed by atoms with van der Waals surface area (Å²) in [6.07, 6.45) is 1.63. The number of hydrogen-bond acceptors (Lipinski definition) is 5. The minimum absolute atomic E-state index is 0.0516. The number of hydrogen-bond donors (Lipinski definition) is 1. The average Bonchev–Trinajstić information content (AvgIpc) is 3.27. The van der Waals surface area contributed by atoms with Gasteiger partial charge >= 0.3 is 0 Å². The van der Waals surface area contributed by atoms with Crippen LogP contribution in [0.25, 0.3) is 0 Å². The van der Waals surface area contributed by atoms with E-state index in [1.807, 2.05) is 61.5 Å². The molecule has 1 aromatic heterocycles. The van der Waals surface area contributed by atoms with Gasteiger partial charge in [-0.05, 0) is 50.0 Å². The lowest BCUT2D eigenvalue weighted by atomic mass is 10.1. The van der Waals surface area contributed by atoms with Crippen LogP contribution >= 0.6 is 0 Å². The molecular formula is C23H26N2O4. The Bertz CT molecular complexity index is 908. The summed E-state index contributed by atoms with van der Waals surface area (Å²) in [7, 11) is 5.45. The molecule has 0 unspecified atom stereocenters. The number of likely N-dealkylation sites (N-methyl/N-ethyl adjacent to an activating group) is 1. The van der Waals surface area contributed by atoms with Gasteiger partial charge < -0.3 is 19.2 Å². The third-order valence-corrected chi connectivity index (χ3v) is 4.61. The number of carbonyl (C=O) groups excluding carboxylic acids is 1. The molecule has 2 aromatic carbocycles. The smallest absolute Gasteiger partial charge is 0.251 e. The third kappa shape index (κ3) is 5.39. The number of nitrogens with zero attached hydrogens (tertiary/aromatic N) is 1. The molecule has 0 saturated heterocycles. The van der Waals surface area contributed by atoms with Crippen LogP contribution in [-0.2, 0) is 6.61 Å². The number of rotatable bonds is 9. The van der Waals surface area contributed by atoms with Gasteiger partial charge in [0.2, 0.25) is 0 Å². The number of benzene rings is 2. The Morgan fingerprint density at radius 3 is 2.52 bits per heavy atom. The van der Waals surface area contributed by atoms with Gasteiger partial charge in [0.05, 0.1) is 19.4 Å². The lowest BCUT2D eigenvalue weighted by molar-refractivity contribution is 0.0938. The van der Waals surface area contributed by atoms with Gasteiger partial charge in [0.1, 0.15) is 12.4 Å². The summed E-state index contributed by atoms with van der Waals surface area (Å²) in [5.41, 5.74) is 1.56. The summed E-state index contributed by atoms with van der Waals surface area (Å²) in [5.74, 6) is 1.73. The average molecular weight is 394 g/mol. The largest absolute Gasteiger partial charge is 0.493 e. The van der Waals surface area contributed by atoms with Crippen molar-refractivity contribution in [1.82, 2.24) is 10.2 Å². The van der Waals surface area contributed by atoms with Gasteiger partial charge in [-0.3, -0.25) is 9.69 Å². The standard InChI is InChI=1S/C23H26N2O4/c1-25(2)19(20-10-7-13-28-20)15-24-23(26)18-11-12-21(22(14-18)27-3)29-16-17-8-5-4-6-9-17/h4-14,19H,15-16H2,1-3H3,(H,24,26)/t19-/m1/s1. The van der Waals surface area contributed by atoms with Crippen LogP contribution in [0.5, 0.6) is 11.5 Å². The lowest BCUT2D eigenvalue weighted by Gasteiger charge is -2.22. The Balaban J connectivity index is 1.64. The van der Waals surface area contributed by atoms with Crippen LogP contribution in [0.4, 0.5) is 0 Å². The minimum atomic E-state index is -0.184. The van der Waals surface area contributed by atoms with E-state index in [0.29, 0.717) is 30.2 Å². The van der Waals surface area contributed by atoms with Gasteiger partial charge in [0, 0.05) is 12.1 Å². The second-order valence-electron chi connectivity index (χ2n) is 6.84. The van der Waals surface area contributed by atoms with Crippen LogP contribution in [0.15, 0.2) is 71.3 Å². The molecule has 0 aliphatic heterocycles. The Morgan fingerprint density at radius 1 is 1.07 bits per heavy atom. The normalized spacial score (nSPS) is 11.9. The first-order valence-electron chi connectivity index (χ1n) is 9.41. The molecule has 1 heterocycles. The van der Waals surface area contributed by atoms with Gasteiger partial charge in [-0.15, -0.1) is 0 Å². The fourth-order valence-corrected chi connectivity index (χ4v) is 2.97. The number of carbonyl (C=O) groups is 1. The summed E-state index contributed by atoms with van der Waals surface area (Å²) < 4.78 is 16.8. The predicted molar refractivity (Wildman–Crippen MR) is 111 cm³/mol. The Hall–Kier alpha value is -3.25. The molecule has 0 bridgehead atoms. The highest BCUT2D eigenvalue weighted by Crippen LogP contribution is 2.29. The van der Waals surface area contributed by atoms with Crippen molar-refractivity contribution in [2.45, 2.75) is 12.6 Å². The molecular weight excluding hydrogens is 368 g/mol. The molecule has 6 nitrogen and oxygen atoms in total. The molecule has 6 heteroatoms. The molecule has 1 atom stereocenters. The molecule has 3 aromatic rings. The van der Waals surface area contributed by atoms with Crippen LogP contribution in [-0.4, -0.2) is 38.6 Å². The van der Waals surface area contributed by atoms with E-state index in [1.165, 1.54) is 0 Å². The van der Waals surface area contributed by atoms with Gasteiger partial charge in [-0.25, -0.2) is 0 Å². The van der Waals surface area contributed by atoms with Crippen LogP contribution in [0.1, 0.15) is 27.7 Å². The zero-order valence-electron chi connectivity index (χ0n) is 16.9. The number of ether oxygens (including phenoxy) is 2. The fourth-order valence-electron chi connectivity index (χ4n) is 2.97.